The van der Waals surface area contributed by atoms with Gasteiger partial charge in [0.2, 0.25) is 0 Å². The predicted octanol–water partition coefficient (Wildman–Crippen LogP) is 2.91. The van der Waals surface area contributed by atoms with Gasteiger partial charge in [-0.2, -0.15) is 0 Å². The van der Waals surface area contributed by atoms with E-state index in [2.05, 4.69) is 0 Å². The first-order chi connectivity index (χ1) is 8.36. The summed E-state index contributed by atoms with van der Waals surface area (Å²) in [5.41, 5.74) is 11.7. The Morgan fingerprint density at radius 2 is 1.53 bits per heavy atom. The molecule has 0 spiro atoms. The van der Waals surface area contributed by atoms with Gasteiger partial charge in [0.05, 0.1) is 12.8 Å². The molecular weight excluding hydrogens is 212 g/mol. The number of hydrogen-bond donors (Lipinski definition) is 2. The van der Waals surface area contributed by atoms with Crippen molar-refractivity contribution in [1.82, 2.24) is 0 Å². The fourth-order valence-corrected chi connectivity index (χ4v) is 1.04. The third kappa shape index (κ3) is 7.33. The van der Waals surface area contributed by atoms with E-state index in [1.54, 1.807) is 6.26 Å². The molecule has 1 aromatic heterocycles. The molecule has 0 atom stereocenters. The highest BCUT2D eigenvalue weighted by atomic mass is 16.3. The molecule has 0 bridgehead atoms. The molecule has 94 valence electrons. The molecule has 0 saturated carbocycles. The molecule has 2 aromatic rings. The average Bonchev–Trinajstić information content (AvgIpc) is 2.96. The Bertz CT molecular complexity index is 344. The van der Waals surface area contributed by atoms with Crippen molar-refractivity contribution in [1.29, 1.82) is 0 Å². The van der Waals surface area contributed by atoms with E-state index in [1.807, 2.05) is 56.3 Å². The van der Waals surface area contributed by atoms with Gasteiger partial charge in [0, 0.05) is 6.54 Å². The minimum atomic E-state index is 0.493. The van der Waals surface area contributed by atoms with Gasteiger partial charge in [-0.25, -0.2) is 0 Å². The van der Waals surface area contributed by atoms with Crippen molar-refractivity contribution >= 4 is 0 Å². The van der Waals surface area contributed by atoms with E-state index >= 15 is 0 Å². The van der Waals surface area contributed by atoms with Gasteiger partial charge >= 0.3 is 0 Å². The van der Waals surface area contributed by atoms with E-state index in [9.17, 15) is 0 Å². The van der Waals surface area contributed by atoms with Gasteiger partial charge in [-0.1, -0.05) is 44.2 Å². The first kappa shape index (κ1) is 15.4. The molecule has 0 aliphatic heterocycles. The smallest absolute Gasteiger partial charge is 0.117 e. The lowest BCUT2D eigenvalue weighted by Crippen LogP contribution is -1.94. The van der Waals surface area contributed by atoms with E-state index in [0.29, 0.717) is 13.1 Å². The van der Waals surface area contributed by atoms with Crippen LogP contribution in [0.1, 0.15) is 25.2 Å². The minimum Gasteiger partial charge on any atom is -0.468 e. The Labute approximate surface area is 103 Å². The Morgan fingerprint density at radius 1 is 0.882 bits per heavy atom. The zero-order valence-corrected chi connectivity index (χ0v) is 10.6. The van der Waals surface area contributed by atoms with Crippen molar-refractivity contribution in [2.75, 3.05) is 0 Å². The molecule has 1 aromatic carbocycles. The van der Waals surface area contributed by atoms with Gasteiger partial charge in [0.15, 0.2) is 0 Å². The Kier molecular flexibility index (Phi) is 9.91. The first-order valence-electron chi connectivity index (χ1n) is 5.83. The molecule has 0 aliphatic rings. The highest BCUT2D eigenvalue weighted by molar-refractivity contribution is 5.13. The van der Waals surface area contributed by atoms with Gasteiger partial charge in [0.1, 0.15) is 5.76 Å². The average molecular weight is 234 g/mol. The van der Waals surface area contributed by atoms with Gasteiger partial charge in [-0.15, -0.1) is 0 Å². The van der Waals surface area contributed by atoms with E-state index in [0.717, 1.165) is 5.76 Å². The molecule has 0 saturated heterocycles. The summed E-state index contributed by atoms with van der Waals surface area (Å²) in [5.74, 6) is 0.833. The van der Waals surface area contributed by atoms with Crippen molar-refractivity contribution in [2.45, 2.75) is 26.9 Å². The number of rotatable bonds is 2. The standard InChI is InChI=1S/C7H9N.C5H7NO.C2H6/c8-6-7-4-2-1-3-5-7;6-4-5-2-1-3-7-5;1-2/h1-5H,6,8H2;1-3H,4,6H2;1-2H3. The van der Waals surface area contributed by atoms with E-state index in [-0.39, 0.29) is 0 Å². The van der Waals surface area contributed by atoms with Crippen molar-refractivity contribution in [3.05, 3.63) is 60.1 Å². The Morgan fingerprint density at radius 3 is 1.82 bits per heavy atom. The summed E-state index contributed by atoms with van der Waals surface area (Å²) in [6.07, 6.45) is 1.61. The molecule has 0 radical (unpaired) electrons. The van der Waals surface area contributed by atoms with Crippen molar-refractivity contribution < 1.29 is 4.42 Å². The summed E-state index contributed by atoms with van der Waals surface area (Å²) in [6, 6.07) is 13.7. The van der Waals surface area contributed by atoms with Crippen LogP contribution in [0.5, 0.6) is 0 Å². The summed E-state index contributed by atoms with van der Waals surface area (Å²) in [4.78, 5) is 0. The van der Waals surface area contributed by atoms with Crippen LogP contribution in [0.3, 0.4) is 0 Å². The normalized spacial score (nSPS) is 8.47. The third-order valence-electron chi connectivity index (χ3n) is 1.86. The topological polar surface area (TPSA) is 65.2 Å². The maximum Gasteiger partial charge on any atom is 0.117 e. The van der Waals surface area contributed by atoms with Crippen molar-refractivity contribution in [2.24, 2.45) is 11.5 Å². The number of furan rings is 1. The van der Waals surface area contributed by atoms with Crippen LogP contribution in [0.2, 0.25) is 0 Å². The van der Waals surface area contributed by atoms with Crippen molar-refractivity contribution in [3.63, 3.8) is 0 Å². The van der Waals surface area contributed by atoms with Crippen LogP contribution in [0, 0.1) is 0 Å². The largest absolute Gasteiger partial charge is 0.468 e. The zero-order chi connectivity index (χ0) is 12.9. The maximum absolute atomic E-state index is 5.35. The molecule has 3 heteroatoms. The molecule has 4 N–H and O–H groups in total. The monoisotopic (exact) mass is 234 g/mol. The van der Waals surface area contributed by atoms with Crippen LogP contribution in [-0.2, 0) is 13.1 Å². The lowest BCUT2D eigenvalue weighted by Gasteiger charge is -1.90. The van der Waals surface area contributed by atoms with E-state index in [1.165, 1.54) is 5.56 Å². The summed E-state index contributed by atoms with van der Waals surface area (Å²) in [5, 5.41) is 0. The van der Waals surface area contributed by atoms with Crippen LogP contribution < -0.4 is 11.5 Å². The second kappa shape index (κ2) is 10.9. The third-order valence-corrected chi connectivity index (χ3v) is 1.86. The fourth-order valence-electron chi connectivity index (χ4n) is 1.04. The van der Waals surface area contributed by atoms with Crippen LogP contribution in [-0.4, -0.2) is 0 Å². The van der Waals surface area contributed by atoms with Gasteiger partial charge in [0.25, 0.3) is 0 Å². The molecule has 0 unspecified atom stereocenters. The maximum atomic E-state index is 5.35. The van der Waals surface area contributed by atoms with Crippen LogP contribution in [0.15, 0.2) is 53.1 Å². The molecule has 0 aliphatic carbocycles. The number of hydrogen-bond acceptors (Lipinski definition) is 3. The van der Waals surface area contributed by atoms with Crippen LogP contribution in [0.25, 0.3) is 0 Å². The highest BCUT2D eigenvalue weighted by Crippen LogP contribution is 1.95. The van der Waals surface area contributed by atoms with Crippen molar-refractivity contribution in [3.8, 4) is 0 Å². The van der Waals surface area contributed by atoms with E-state index < -0.39 is 0 Å². The molecule has 1 heterocycles. The molecule has 3 nitrogen and oxygen atoms in total. The minimum absolute atomic E-state index is 0.493. The number of nitrogens with two attached hydrogens (primary N) is 2. The highest BCUT2D eigenvalue weighted by Gasteiger charge is 1.84. The predicted molar refractivity (Wildman–Crippen MR) is 72.3 cm³/mol. The lowest BCUT2D eigenvalue weighted by atomic mass is 10.2. The van der Waals surface area contributed by atoms with Crippen LogP contribution >= 0.6 is 0 Å². The van der Waals surface area contributed by atoms with Gasteiger partial charge in [-0.3, -0.25) is 0 Å². The summed E-state index contributed by atoms with van der Waals surface area (Å²) in [7, 11) is 0. The quantitative estimate of drug-likeness (QED) is 0.839. The van der Waals surface area contributed by atoms with Gasteiger partial charge in [-0.05, 0) is 17.7 Å². The second-order valence-electron chi connectivity index (χ2n) is 2.97. The SMILES string of the molecule is CC.NCc1ccccc1.NCc1ccco1. The number of benzene rings is 1. The van der Waals surface area contributed by atoms with E-state index in [4.69, 9.17) is 15.9 Å². The molecule has 0 fully saturated rings. The summed E-state index contributed by atoms with van der Waals surface area (Å²) < 4.78 is 4.86. The van der Waals surface area contributed by atoms with Crippen LogP contribution in [0.4, 0.5) is 0 Å². The summed E-state index contributed by atoms with van der Waals surface area (Å²) >= 11 is 0. The fraction of sp³-hybridized carbons (Fsp3) is 0.286. The molecule has 2 rings (SSSR count). The molecule has 17 heavy (non-hydrogen) atoms. The second-order valence-corrected chi connectivity index (χ2v) is 2.97. The lowest BCUT2D eigenvalue weighted by molar-refractivity contribution is 0.512. The molecule has 0 amide bonds. The molecular formula is C14H22N2O. The Hall–Kier alpha value is -1.58. The first-order valence-corrected chi connectivity index (χ1v) is 5.83. The van der Waals surface area contributed by atoms with Gasteiger partial charge < -0.3 is 15.9 Å². The zero-order valence-electron chi connectivity index (χ0n) is 10.6. The Balaban J connectivity index is 0.000000265. The summed E-state index contributed by atoms with van der Waals surface area (Å²) in [6.45, 7) is 5.13.